The van der Waals surface area contributed by atoms with E-state index < -0.39 is 29.8 Å². The lowest BCUT2D eigenvalue weighted by Gasteiger charge is -2.29. The third-order valence-corrected chi connectivity index (χ3v) is 5.62. The minimum Gasteiger partial charge on any atom is -0.393 e. The molecule has 3 unspecified atom stereocenters. The molecule has 0 saturated carbocycles. The van der Waals surface area contributed by atoms with Crippen LogP contribution in [0.5, 0.6) is 0 Å². The predicted octanol–water partition coefficient (Wildman–Crippen LogP) is 1.88. The van der Waals surface area contributed by atoms with Gasteiger partial charge in [0.15, 0.2) is 29.0 Å². The molecular weight excluding hydrogens is 402 g/mol. The summed E-state index contributed by atoms with van der Waals surface area (Å²) in [5.74, 6) is -0.816. The molecule has 4 atom stereocenters. The largest absolute Gasteiger partial charge is 0.393 e. The summed E-state index contributed by atoms with van der Waals surface area (Å²) >= 11 is 0. The fourth-order valence-electron chi connectivity index (χ4n) is 4.12. The normalized spacial score (nSPS) is 29.2. The summed E-state index contributed by atoms with van der Waals surface area (Å²) < 4.78 is 20.0. The number of aromatic nitrogens is 4. The van der Waals surface area contributed by atoms with E-state index in [-0.39, 0.29) is 12.5 Å². The zero-order valence-electron chi connectivity index (χ0n) is 17.3. The van der Waals surface area contributed by atoms with Crippen LogP contribution in [0, 0.1) is 0 Å². The van der Waals surface area contributed by atoms with E-state index in [0.29, 0.717) is 22.5 Å². The van der Waals surface area contributed by atoms with Crippen LogP contribution in [0.25, 0.3) is 11.2 Å². The molecule has 1 amide bonds. The van der Waals surface area contributed by atoms with Gasteiger partial charge in [0.05, 0.1) is 12.9 Å². The van der Waals surface area contributed by atoms with Gasteiger partial charge in [0, 0.05) is 5.56 Å². The first-order valence-corrected chi connectivity index (χ1v) is 9.99. The molecule has 2 aliphatic rings. The quantitative estimate of drug-likeness (QED) is 0.650. The number of nitrogens with one attached hydrogen (secondary N) is 1. The molecule has 10 nitrogen and oxygen atoms in total. The average Bonchev–Trinajstić information content (AvgIpc) is 3.40. The number of hydrogen-bond donors (Lipinski definition) is 2. The third-order valence-electron chi connectivity index (χ3n) is 5.62. The minimum atomic E-state index is -0.947. The highest BCUT2D eigenvalue weighted by atomic mass is 16.8. The van der Waals surface area contributed by atoms with Crippen molar-refractivity contribution in [3.63, 3.8) is 0 Å². The van der Waals surface area contributed by atoms with Crippen LogP contribution in [0.15, 0.2) is 43.0 Å². The summed E-state index contributed by atoms with van der Waals surface area (Å²) in [4.78, 5) is 25.5. The van der Waals surface area contributed by atoms with Crippen molar-refractivity contribution in [1.82, 2.24) is 19.5 Å². The number of fused-ring (bicyclic) bond motifs is 2. The number of hydrogen-bond acceptors (Lipinski definition) is 8. The second kappa shape index (κ2) is 7.06. The molecule has 2 fully saturated rings. The van der Waals surface area contributed by atoms with Crippen molar-refractivity contribution in [3.8, 4) is 0 Å². The number of carbonyl (C=O) groups excluding carboxylic acids is 1. The molecule has 0 bridgehead atoms. The first-order chi connectivity index (χ1) is 14.8. The molecule has 2 aromatic heterocycles. The Morgan fingerprint density at radius 3 is 2.65 bits per heavy atom. The van der Waals surface area contributed by atoms with E-state index in [9.17, 15) is 9.90 Å². The molecule has 10 heteroatoms. The van der Waals surface area contributed by atoms with Crippen molar-refractivity contribution in [2.24, 2.45) is 0 Å². The maximum atomic E-state index is 12.6. The maximum absolute atomic E-state index is 12.6. The van der Waals surface area contributed by atoms with Crippen molar-refractivity contribution in [1.29, 1.82) is 0 Å². The summed E-state index contributed by atoms with van der Waals surface area (Å²) in [5.41, 5.74) is 0.449. The molecule has 4 heterocycles. The van der Waals surface area contributed by atoms with Crippen LogP contribution in [-0.2, 0) is 14.2 Å². The highest BCUT2D eigenvalue weighted by molar-refractivity contribution is 6.06. The van der Waals surface area contributed by atoms with Gasteiger partial charge in [0.25, 0.3) is 5.91 Å². The number of nitrogens with zero attached hydrogens (tertiary/aromatic N) is 4. The molecule has 31 heavy (non-hydrogen) atoms. The Bertz CT molecular complexity index is 1130. The van der Waals surface area contributed by atoms with Crippen LogP contribution >= 0.6 is 0 Å². The summed E-state index contributed by atoms with van der Waals surface area (Å²) in [6.45, 7) is 5.20. The van der Waals surface area contributed by atoms with Gasteiger partial charge in [-0.2, -0.15) is 0 Å². The number of carbonyl (C=O) groups is 1. The first-order valence-electron chi connectivity index (χ1n) is 9.99. The lowest BCUT2D eigenvalue weighted by Crippen LogP contribution is -2.43. The predicted molar refractivity (Wildman–Crippen MR) is 109 cm³/mol. The number of benzene rings is 1. The maximum Gasteiger partial charge on any atom is 0.256 e. The fraction of sp³-hybridized carbons (Fsp3) is 0.429. The van der Waals surface area contributed by atoms with Gasteiger partial charge in [-0.25, -0.2) is 15.0 Å². The van der Waals surface area contributed by atoms with Crippen molar-refractivity contribution >= 4 is 22.9 Å². The summed E-state index contributed by atoms with van der Waals surface area (Å²) in [5, 5.41) is 12.8. The highest BCUT2D eigenvalue weighted by Gasteiger charge is 2.61. The van der Waals surface area contributed by atoms with Gasteiger partial charge in [-0.3, -0.25) is 9.36 Å². The number of aliphatic hydroxyl groups excluding tert-OH is 1. The topological polar surface area (TPSA) is 121 Å². The summed E-state index contributed by atoms with van der Waals surface area (Å²) in [6, 6.07) is 8.85. The summed E-state index contributed by atoms with van der Waals surface area (Å²) in [6.07, 6.45) is 1.36. The Morgan fingerprint density at radius 1 is 1.13 bits per heavy atom. The van der Waals surface area contributed by atoms with Gasteiger partial charge in [0.1, 0.15) is 24.1 Å². The SMILES string of the molecule is CC1(C)OC2C(n3cnc4c(NC(=O)c5ccccc5)ncnc43)OC(C)(CO)[C@@H]2O1. The fourth-order valence-corrected chi connectivity index (χ4v) is 4.12. The van der Waals surface area contributed by atoms with Crippen molar-refractivity contribution in [2.45, 2.75) is 50.6 Å². The molecule has 5 rings (SSSR count). The highest BCUT2D eigenvalue weighted by Crippen LogP contribution is 2.48. The molecule has 3 aromatic rings. The average molecular weight is 425 g/mol. The van der Waals surface area contributed by atoms with Crippen LogP contribution in [0.4, 0.5) is 5.82 Å². The monoisotopic (exact) mass is 425 g/mol. The standard InChI is InChI=1S/C21H23N5O5/c1-20(2)29-14-15(30-20)21(3,9-27)31-19(14)26-11-24-13-16(22-10-23-17(13)26)25-18(28)12-7-5-4-6-8-12/h4-8,10-11,14-15,19,27H,9H2,1-3H3,(H,22,23,25,28)/t14?,15-,19?,21?/m1/s1. The molecule has 162 valence electrons. The number of amides is 1. The number of imidazole rings is 1. The van der Waals surface area contributed by atoms with Crippen molar-refractivity contribution in [2.75, 3.05) is 11.9 Å². The number of aliphatic hydroxyl groups is 1. The molecule has 2 aliphatic heterocycles. The minimum absolute atomic E-state index is 0.232. The summed E-state index contributed by atoms with van der Waals surface area (Å²) in [7, 11) is 0. The van der Waals surface area contributed by atoms with Crippen molar-refractivity contribution in [3.05, 3.63) is 48.5 Å². The molecule has 2 saturated heterocycles. The Morgan fingerprint density at radius 2 is 1.90 bits per heavy atom. The van der Waals surface area contributed by atoms with E-state index in [1.807, 2.05) is 19.9 Å². The Labute approximate surface area is 178 Å². The molecule has 0 radical (unpaired) electrons. The third kappa shape index (κ3) is 3.28. The van der Waals surface area contributed by atoms with E-state index >= 15 is 0 Å². The van der Waals surface area contributed by atoms with Crippen LogP contribution in [-0.4, -0.2) is 60.7 Å². The van der Waals surface area contributed by atoms with Crippen molar-refractivity contribution < 1.29 is 24.1 Å². The van der Waals surface area contributed by atoms with Crippen LogP contribution in [0.1, 0.15) is 37.4 Å². The Balaban J connectivity index is 1.50. The van der Waals surface area contributed by atoms with Crippen LogP contribution < -0.4 is 5.32 Å². The van der Waals surface area contributed by atoms with Gasteiger partial charge >= 0.3 is 0 Å². The second-order valence-corrected chi connectivity index (χ2v) is 8.37. The van der Waals surface area contributed by atoms with Gasteiger partial charge < -0.3 is 24.6 Å². The van der Waals surface area contributed by atoms with E-state index in [1.165, 1.54) is 6.33 Å². The van der Waals surface area contributed by atoms with Crippen LogP contribution in [0.2, 0.25) is 0 Å². The Kier molecular flexibility index (Phi) is 4.56. The molecular formula is C21H23N5O5. The molecule has 0 spiro atoms. The zero-order chi connectivity index (χ0) is 21.8. The molecule has 0 aliphatic carbocycles. The Hall–Kier alpha value is -2.92. The van der Waals surface area contributed by atoms with E-state index in [4.69, 9.17) is 14.2 Å². The lowest BCUT2D eigenvalue weighted by molar-refractivity contribution is -0.222. The molecule has 1 aromatic carbocycles. The number of anilines is 1. The zero-order valence-corrected chi connectivity index (χ0v) is 17.3. The van der Waals surface area contributed by atoms with E-state index in [2.05, 4.69) is 20.3 Å². The van der Waals surface area contributed by atoms with Gasteiger partial charge in [-0.15, -0.1) is 0 Å². The molecule has 2 N–H and O–H groups in total. The number of ether oxygens (including phenoxy) is 3. The smallest absolute Gasteiger partial charge is 0.256 e. The van der Waals surface area contributed by atoms with E-state index in [0.717, 1.165) is 0 Å². The number of rotatable bonds is 4. The van der Waals surface area contributed by atoms with Crippen LogP contribution in [0.3, 0.4) is 0 Å². The van der Waals surface area contributed by atoms with Gasteiger partial charge in [-0.1, -0.05) is 18.2 Å². The van der Waals surface area contributed by atoms with Gasteiger partial charge in [-0.05, 0) is 32.9 Å². The van der Waals surface area contributed by atoms with Gasteiger partial charge in [0.2, 0.25) is 0 Å². The van der Waals surface area contributed by atoms with E-state index in [1.54, 1.807) is 42.1 Å². The second-order valence-electron chi connectivity index (χ2n) is 8.37. The lowest BCUT2D eigenvalue weighted by atomic mass is 9.99. The first kappa shape index (κ1) is 20.0.